The van der Waals surface area contributed by atoms with Crippen molar-refractivity contribution in [2.45, 2.75) is 19.8 Å². The van der Waals surface area contributed by atoms with Crippen LogP contribution in [0.25, 0.3) is 0 Å². The molecule has 1 aromatic rings. The van der Waals surface area contributed by atoms with E-state index in [9.17, 15) is 18.8 Å². The number of likely N-dealkylation sites (tertiary alicyclic amines) is 1. The average molecular weight is 336 g/mol. The van der Waals surface area contributed by atoms with Crippen LogP contribution in [0.1, 0.15) is 18.9 Å². The second kappa shape index (κ2) is 8.42. The van der Waals surface area contributed by atoms with Crippen molar-refractivity contribution in [2.24, 2.45) is 5.92 Å². The molecular formula is C17H21FN2O4. The van der Waals surface area contributed by atoms with Gasteiger partial charge in [-0.1, -0.05) is 12.1 Å². The van der Waals surface area contributed by atoms with Crippen LogP contribution in [0, 0.1) is 11.7 Å². The molecule has 1 N–H and O–H groups in total. The molecule has 1 atom stereocenters. The van der Waals surface area contributed by atoms with Gasteiger partial charge in [-0.2, -0.15) is 0 Å². The summed E-state index contributed by atoms with van der Waals surface area (Å²) in [6.45, 7) is 2.57. The number of rotatable bonds is 7. The van der Waals surface area contributed by atoms with Crippen LogP contribution in [-0.4, -0.2) is 48.9 Å². The van der Waals surface area contributed by atoms with Crippen molar-refractivity contribution >= 4 is 17.8 Å². The number of esters is 1. The number of halogens is 1. The highest BCUT2D eigenvalue weighted by atomic mass is 19.1. The summed E-state index contributed by atoms with van der Waals surface area (Å²) in [6.07, 6.45) is 0.737. The number of benzene rings is 1. The molecule has 0 saturated carbocycles. The van der Waals surface area contributed by atoms with Crippen molar-refractivity contribution in [2.75, 3.05) is 26.2 Å². The Morgan fingerprint density at radius 3 is 2.71 bits per heavy atom. The molecule has 130 valence electrons. The minimum absolute atomic E-state index is 0.0894. The van der Waals surface area contributed by atoms with Gasteiger partial charge in [-0.3, -0.25) is 14.4 Å². The van der Waals surface area contributed by atoms with E-state index in [-0.39, 0.29) is 37.2 Å². The number of carbonyl (C=O) groups is 3. The maximum atomic E-state index is 12.9. The van der Waals surface area contributed by atoms with Gasteiger partial charge in [0.2, 0.25) is 11.8 Å². The lowest BCUT2D eigenvalue weighted by atomic mass is 10.1. The lowest BCUT2D eigenvalue weighted by Gasteiger charge is -2.16. The molecule has 1 aliphatic rings. The van der Waals surface area contributed by atoms with Crippen LogP contribution in [0.4, 0.5) is 4.39 Å². The van der Waals surface area contributed by atoms with Crippen LogP contribution in [0.2, 0.25) is 0 Å². The monoisotopic (exact) mass is 336 g/mol. The van der Waals surface area contributed by atoms with Crippen LogP contribution in [0.5, 0.6) is 0 Å². The Balaban J connectivity index is 1.78. The summed E-state index contributed by atoms with van der Waals surface area (Å²) >= 11 is 0. The summed E-state index contributed by atoms with van der Waals surface area (Å²) in [4.78, 5) is 36.9. The van der Waals surface area contributed by atoms with E-state index in [4.69, 9.17) is 4.74 Å². The zero-order chi connectivity index (χ0) is 17.5. The molecular weight excluding hydrogens is 315 g/mol. The maximum absolute atomic E-state index is 12.9. The number of ether oxygens (including phenoxy) is 1. The first-order valence-corrected chi connectivity index (χ1v) is 7.95. The second-order valence-electron chi connectivity index (χ2n) is 5.64. The van der Waals surface area contributed by atoms with E-state index >= 15 is 0 Å². The van der Waals surface area contributed by atoms with Gasteiger partial charge in [-0.05, 0) is 31.0 Å². The van der Waals surface area contributed by atoms with Crippen LogP contribution in [0.3, 0.4) is 0 Å². The Morgan fingerprint density at radius 2 is 2.04 bits per heavy atom. The highest BCUT2D eigenvalue weighted by Gasteiger charge is 2.34. The number of nitrogens with zero attached hydrogens (tertiary/aromatic N) is 1. The summed E-state index contributed by atoms with van der Waals surface area (Å²) in [7, 11) is 0. The molecule has 7 heteroatoms. The van der Waals surface area contributed by atoms with Gasteiger partial charge in [-0.15, -0.1) is 0 Å². The lowest BCUT2D eigenvalue weighted by Crippen LogP contribution is -2.36. The molecule has 1 heterocycles. The normalized spacial score (nSPS) is 17.0. The van der Waals surface area contributed by atoms with Gasteiger partial charge in [0.15, 0.2) is 0 Å². The topological polar surface area (TPSA) is 75.7 Å². The first-order valence-electron chi connectivity index (χ1n) is 7.95. The molecule has 1 aliphatic heterocycles. The van der Waals surface area contributed by atoms with Crippen molar-refractivity contribution in [3.63, 3.8) is 0 Å². The third kappa shape index (κ3) is 5.04. The van der Waals surface area contributed by atoms with E-state index in [0.29, 0.717) is 19.5 Å². The van der Waals surface area contributed by atoms with E-state index < -0.39 is 11.9 Å². The molecule has 1 saturated heterocycles. The van der Waals surface area contributed by atoms with Gasteiger partial charge in [0, 0.05) is 19.5 Å². The van der Waals surface area contributed by atoms with E-state index in [1.807, 2.05) is 0 Å². The molecule has 1 unspecified atom stereocenters. The van der Waals surface area contributed by atoms with E-state index in [0.717, 1.165) is 5.56 Å². The summed E-state index contributed by atoms with van der Waals surface area (Å²) in [5, 5.41) is 2.50. The van der Waals surface area contributed by atoms with Crippen molar-refractivity contribution < 1.29 is 23.5 Å². The molecule has 0 aromatic heterocycles. The molecule has 0 radical (unpaired) electrons. The summed E-state index contributed by atoms with van der Waals surface area (Å²) in [5.74, 6) is -1.66. The van der Waals surface area contributed by atoms with Crippen molar-refractivity contribution in [3.8, 4) is 0 Å². The fraction of sp³-hybridized carbons (Fsp3) is 0.471. The number of nitrogens with one attached hydrogen (secondary N) is 1. The Hall–Kier alpha value is -2.44. The molecule has 2 amide bonds. The predicted molar refractivity (Wildman–Crippen MR) is 84.4 cm³/mol. The molecule has 1 fully saturated rings. The minimum atomic E-state index is -0.497. The standard InChI is InChI=1S/C17H21FN2O4/c1-2-24-16(22)10-19-17(23)13-9-15(21)20(11-13)8-7-12-3-5-14(18)6-4-12/h3-6,13H,2,7-11H2,1H3,(H,19,23). The summed E-state index contributed by atoms with van der Waals surface area (Å²) < 4.78 is 17.6. The summed E-state index contributed by atoms with van der Waals surface area (Å²) in [5.41, 5.74) is 0.930. The van der Waals surface area contributed by atoms with Crippen LogP contribution in [0.15, 0.2) is 24.3 Å². The highest BCUT2D eigenvalue weighted by Crippen LogP contribution is 2.18. The smallest absolute Gasteiger partial charge is 0.325 e. The Kier molecular flexibility index (Phi) is 6.28. The third-order valence-electron chi connectivity index (χ3n) is 3.88. The van der Waals surface area contributed by atoms with Gasteiger partial charge < -0.3 is 15.0 Å². The minimum Gasteiger partial charge on any atom is -0.465 e. The summed E-state index contributed by atoms with van der Waals surface area (Å²) in [6, 6.07) is 6.12. The number of carbonyl (C=O) groups excluding carboxylic acids is 3. The van der Waals surface area contributed by atoms with Crippen LogP contribution < -0.4 is 5.32 Å². The van der Waals surface area contributed by atoms with Crippen LogP contribution in [-0.2, 0) is 25.5 Å². The van der Waals surface area contributed by atoms with Gasteiger partial charge in [-0.25, -0.2) is 4.39 Å². The van der Waals surface area contributed by atoms with Gasteiger partial charge in [0.05, 0.1) is 12.5 Å². The van der Waals surface area contributed by atoms with Crippen molar-refractivity contribution in [3.05, 3.63) is 35.6 Å². The van der Waals surface area contributed by atoms with Crippen molar-refractivity contribution in [1.82, 2.24) is 10.2 Å². The highest BCUT2D eigenvalue weighted by molar-refractivity contribution is 5.90. The fourth-order valence-corrected chi connectivity index (χ4v) is 2.59. The lowest BCUT2D eigenvalue weighted by molar-refractivity contribution is -0.143. The molecule has 0 bridgehead atoms. The van der Waals surface area contributed by atoms with E-state index in [2.05, 4.69) is 5.32 Å². The van der Waals surface area contributed by atoms with E-state index in [1.54, 1.807) is 24.0 Å². The number of amides is 2. The first-order chi connectivity index (χ1) is 11.5. The molecule has 6 nitrogen and oxygen atoms in total. The van der Waals surface area contributed by atoms with E-state index in [1.165, 1.54) is 12.1 Å². The first kappa shape index (κ1) is 17.9. The van der Waals surface area contributed by atoms with Crippen molar-refractivity contribution in [1.29, 1.82) is 0 Å². The zero-order valence-corrected chi connectivity index (χ0v) is 13.6. The SMILES string of the molecule is CCOC(=O)CNC(=O)C1CC(=O)N(CCc2ccc(F)cc2)C1. The second-order valence-corrected chi connectivity index (χ2v) is 5.64. The van der Waals surface area contributed by atoms with Crippen LogP contribution >= 0.6 is 0 Å². The molecule has 1 aromatic carbocycles. The maximum Gasteiger partial charge on any atom is 0.325 e. The predicted octanol–water partition coefficient (Wildman–Crippen LogP) is 0.896. The number of hydrogen-bond donors (Lipinski definition) is 1. The quantitative estimate of drug-likeness (QED) is 0.751. The largest absolute Gasteiger partial charge is 0.465 e. The Labute approximate surface area is 140 Å². The molecule has 24 heavy (non-hydrogen) atoms. The molecule has 0 spiro atoms. The average Bonchev–Trinajstić information content (AvgIpc) is 2.93. The Morgan fingerprint density at radius 1 is 1.33 bits per heavy atom. The third-order valence-corrected chi connectivity index (χ3v) is 3.88. The molecule has 0 aliphatic carbocycles. The van der Waals surface area contributed by atoms with Gasteiger partial charge in [0.1, 0.15) is 12.4 Å². The molecule has 2 rings (SSSR count). The van der Waals surface area contributed by atoms with Gasteiger partial charge >= 0.3 is 5.97 Å². The zero-order valence-electron chi connectivity index (χ0n) is 13.6. The fourth-order valence-electron chi connectivity index (χ4n) is 2.59. The van der Waals surface area contributed by atoms with Gasteiger partial charge in [0.25, 0.3) is 0 Å². The Bertz CT molecular complexity index is 603. The number of hydrogen-bond acceptors (Lipinski definition) is 4.